The highest BCUT2D eigenvalue weighted by atomic mass is 19.1. The van der Waals surface area contributed by atoms with Crippen molar-refractivity contribution in [3.05, 3.63) is 35.6 Å². The molecular formula is C23H29FN4O3. The van der Waals surface area contributed by atoms with Crippen molar-refractivity contribution in [2.75, 3.05) is 6.54 Å². The van der Waals surface area contributed by atoms with Gasteiger partial charge in [0, 0.05) is 5.56 Å². The molecule has 1 aliphatic heterocycles. The Hall–Kier alpha value is -2.95. The van der Waals surface area contributed by atoms with Crippen LogP contribution in [-0.2, 0) is 9.59 Å². The molecule has 31 heavy (non-hydrogen) atoms. The van der Waals surface area contributed by atoms with Crippen LogP contribution in [0.5, 0.6) is 0 Å². The second kappa shape index (κ2) is 8.66. The summed E-state index contributed by atoms with van der Waals surface area (Å²) in [5.74, 6) is -1.24. The van der Waals surface area contributed by atoms with Gasteiger partial charge < -0.3 is 10.6 Å². The van der Waals surface area contributed by atoms with E-state index in [2.05, 4.69) is 31.4 Å². The summed E-state index contributed by atoms with van der Waals surface area (Å²) in [6.45, 7) is 6.09. The van der Waals surface area contributed by atoms with Gasteiger partial charge in [-0.05, 0) is 43.1 Å². The molecule has 1 aromatic rings. The Labute approximate surface area is 182 Å². The summed E-state index contributed by atoms with van der Waals surface area (Å²) >= 11 is 0. The van der Waals surface area contributed by atoms with E-state index in [1.807, 2.05) is 6.07 Å². The molecule has 166 valence electrons. The normalized spacial score (nSPS) is 24.6. The summed E-state index contributed by atoms with van der Waals surface area (Å²) in [7, 11) is 0. The Morgan fingerprint density at radius 2 is 2.00 bits per heavy atom. The number of nitrogens with zero attached hydrogens (tertiary/aromatic N) is 2. The summed E-state index contributed by atoms with van der Waals surface area (Å²) in [6, 6.07) is 5.67. The van der Waals surface area contributed by atoms with Crippen molar-refractivity contribution in [1.29, 1.82) is 5.26 Å². The molecule has 1 unspecified atom stereocenters. The van der Waals surface area contributed by atoms with Gasteiger partial charge in [0.2, 0.25) is 5.91 Å². The Balaban J connectivity index is 1.65. The van der Waals surface area contributed by atoms with E-state index in [4.69, 9.17) is 0 Å². The maximum atomic E-state index is 14.0. The monoisotopic (exact) mass is 428 g/mol. The van der Waals surface area contributed by atoms with Crippen LogP contribution in [0.15, 0.2) is 24.3 Å². The molecule has 4 amide bonds. The van der Waals surface area contributed by atoms with Crippen molar-refractivity contribution in [2.45, 2.75) is 64.5 Å². The third kappa shape index (κ3) is 4.41. The van der Waals surface area contributed by atoms with E-state index in [1.54, 1.807) is 6.07 Å². The number of amides is 4. The SMILES string of the molecule is CCC(C)(C)C1CCC2(CC1)NC(=O)N(CC(=O)NC(C#N)c1ccccc1F)C2=O. The summed E-state index contributed by atoms with van der Waals surface area (Å²) in [5, 5.41) is 14.5. The number of urea groups is 1. The minimum atomic E-state index is -1.21. The molecule has 0 aromatic heterocycles. The maximum absolute atomic E-state index is 14.0. The van der Waals surface area contributed by atoms with Gasteiger partial charge in [0.25, 0.3) is 5.91 Å². The minimum Gasteiger partial charge on any atom is -0.335 e. The third-order valence-corrected chi connectivity index (χ3v) is 7.05. The maximum Gasteiger partial charge on any atom is 0.325 e. The summed E-state index contributed by atoms with van der Waals surface area (Å²) in [4.78, 5) is 38.9. The zero-order chi connectivity index (χ0) is 22.8. The lowest BCUT2D eigenvalue weighted by atomic mass is 9.65. The van der Waals surface area contributed by atoms with Crippen LogP contribution in [0.1, 0.15) is 64.5 Å². The molecule has 7 nitrogen and oxygen atoms in total. The largest absolute Gasteiger partial charge is 0.335 e. The number of hydrogen-bond acceptors (Lipinski definition) is 4. The van der Waals surface area contributed by atoms with Crippen LogP contribution in [0.2, 0.25) is 0 Å². The fourth-order valence-corrected chi connectivity index (χ4v) is 4.58. The molecule has 0 radical (unpaired) electrons. The quantitative estimate of drug-likeness (QED) is 0.678. The van der Waals surface area contributed by atoms with Gasteiger partial charge in [-0.1, -0.05) is 45.4 Å². The lowest BCUT2D eigenvalue weighted by molar-refractivity contribution is -0.136. The zero-order valence-corrected chi connectivity index (χ0v) is 18.2. The van der Waals surface area contributed by atoms with Gasteiger partial charge in [0.05, 0.1) is 6.07 Å². The Kier molecular flexibility index (Phi) is 6.35. The van der Waals surface area contributed by atoms with Gasteiger partial charge in [-0.15, -0.1) is 0 Å². The number of nitriles is 1. The fraction of sp³-hybridized carbons (Fsp3) is 0.565. The fourth-order valence-electron chi connectivity index (χ4n) is 4.58. The van der Waals surface area contributed by atoms with E-state index in [1.165, 1.54) is 18.2 Å². The molecular weight excluding hydrogens is 399 g/mol. The van der Waals surface area contributed by atoms with Crippen LogP contribution in [0.4, 0.5) is 9.18 Å². The van der Waals surface area contributed by atoms with Gasteiger partial charge in [-0.25, -0.2) is 9.18 Å². The first kappa shape index (κ1) is 22.7. The van der Waals surface area contributed by atoms with Gasteiger partial charge >= 0.3 is 6.03 Å². The van der Waals surface area contributed by atoms with Gasteiger partial charge in [0.1, 0.15) is 23.9 Å². The Morgan fingerprint density at radius 1 is 1.35 bits per heavy atom. The topological polar surface area (TPSA) is 102 Å². The second-order valence-corrected chi connectivity index (χ2v) is 9.17. The number of hydrogen-bond donors (Lipinski definition) is 2. The molecule has 8 heteroatoms. The number of carbonyl (C=O) groups excluding carboxylic acids is 3. The number of rotatable bonds is 6. The van der Waals surface area contributed by atoms with Gasteiger partial charge in [-0.3, -0.25) is 14.5 Å². The molecule has 1 heterocycles. The molecule has 1 atom stereocenters. The van der Waals surface area contributed by atoms with E-state index in [0.717, 1.165) is 24.2 Å². The Morgan fingerprint density at radius 3 is 2.58 bits per heavy atom. The average molecular weight is 429 g/mol. The summed E-state index contributed by atoms with van der Waals surface area (Å²) in [5.41, 5.74) is -0.757. The first-order valence-electron chi connectivity index (χ1n) is 10.7. The van der Waals surface area contributed by atoms with E-state index in [-0.39, 0.29) is 11.0 Å². The summed E-state index contributed by atoms with van der Waals surface area (Å²) in [6.07, 6.45) is 3.78. The first-order valence-corrected chi connectivity index (χ1v) is 10.7. The molecule has 0 bridgehead atoms. The van der Waals surface area contributed by atoms with Crippen molar-refractivity contribution < 1.29 is 18.8 Å². The van der Waals surface area contributed by atoms with Crippen LogP contribution < -0.4 is 10.6 Å². The van der Waals surface area contributed by atoms with Crippen LogP contribution in [0.25, 0.3) is 0 Å². The molecule has 2 N–H and O–H groups in total. The number of carbonyl (C=O) groups is 3. The predicted octanol–water partition coefficient (Wildman–Crippen LogP) is 3.42. The number of imide groups is 1. The third-order valence-electron chi connectivity index (χ3n) is 7.05. The van der Waals surface area contributed by atoms with E-state index in [9.17, 15) is 24.0 Å². The lowest BCUT2D eigenvalue weighted by Crippen LogP contribution is -2.51. The predicted molar refractivity (Wildman–Crippen MR) is 112 cm³/mol. The molecule has 1 aromatic carbocycles. The minimum absolute atomic E-state index is 0.0314. The highest BCUT2D eigenvalue weighted by molar-refractivity contribution is 6.09. The van der Waals surface area contributed by atoms with E-state index in [0.29, 0.717) is 18.8 Å². The molecule has 1 spiro atoms. The highest BCUT2D eigenvalue weighted by Gasteiger charge is 2.53. The average Bonchev–Trinajstić information content (AvgIpc) is 2.97. The number of nitrogens with one attached hydrogen (secondary N) is 2. The highest BCUT2D eigenvalue weighted by Crippen LogP contribution is 2.45. The Bertz CT molecular complexity index is 916. The van der Waals surface area contributed by atoms with Crippen molar-refractivity contribution in [2.24, 2.45) is 11.3 Å². The smallest absolute Gasteiger partial charge is 0.325 e. The molecule has 3 rings (SSSR count). The molecule has 1 saturated heterocycles. The van der Waals surface area contributed by atoms with Crippen LogP contribution in [0.3, 0.4) is 0 Å². The van der Waals surface area contributed by atoms with Crippen LogP contribution >= 0.6 is 0 Å². The van der Waals surface area contributed by atoms with Crippen molar-refractivity contribution in [1.82, 2.24) is 15.5 Å². The molecule has 1 aliphatic carbocycles. The molecule has 2 fully saturated rings. The number of benzene rings is 1. The standard InChI is InChI=1S/C23H29FN4O3/c1-4-22(2,3)15-9-11-23(12-10-15)20(30)28(21(31)27-23)14-19(29)26-18(13-25)16-7-5-6-8-17(16)24/h5-8,15,18H,4,9-12,14H2,1-3H3,(H,26,29)(H,27,31). The summed E-state index contributed by atoms with van der Waals surface area (Å²) < 4.78 is 14.0. The molecule has 2 aliphatic rings. The zero-order valence-electron chi connectivity index (χ0n) is 18.2. The van der Waals surface area contributed by atoms with Crippen molar-refractivity contribution in [3.8, 4) is 6.07 Å². The lowest BCUT2D eigenvalue weighted by Gasteiger charge is -2.42. The van der Waals surface area contributed by atoms with Crippen LogP contribution in [0, 0.1) is 28.5 Å². The van der Waals surface area contributed by atoms with Crippen LogP contribution in [-0.4, -0.2) is 34.8 Å². The van der Waals surface area contributed by atoms with Crippen molar-refractivity contribution in [3.63, 3.8) is 0 Å². The van der Waals surface area contributed by atoms with Gasteiger partial charge in [0.15, 0.2) is 0 Å². The van der Waals surface area contributed by atoms with E-state index >= 15 is 0 Å². The number of halogens is 1. The van der Waals surface area contributed by atoms with Gasteiger partial charge in [-0.2, -0.15) is 5.26 Å². The first-order chi connectivity index (χ1) is 14.6. The van der Waals surface area contributed by atoms with Crippen molar-refractivity contribution >= 4 is 17.8 Å². The van der Waals surface area contributed by atoms with E-state index < -0.39 is 41.8 Å². The second-order valence-electron chi connectivity index (χ2n) is 9.17. The molecule has 1 saturated carbocycles.